The molecule has 18 heavy (non-hydrogen) atoms. The zero-order chi connectivity index (χ0) is 12.5. The fourth-order valence-electron chi connectivity index (χ4n) is 1.84. The highest BCUT2D eigenvalue weighted by molar-refractivity contribution is 6.35. The predicted molar refractivity (Wildman–Crippen MR) is 75.0 cm³/mol. The summed E-state index contributed by atoms with van der Waals surface area (Å²) >= 11 is 12.3. The Hall–Kier alpha value is -1.64. The lowest BCUT2D eigenvalue weighted by atomic mass is 10.1. The molecule has 0 spiro atoms. The number of pyridine rings is 2. The van der Waals surface area contributed by atoms with Crippen molar-refractivity contribution in [2.45, 2.75) is 0 Å². The smallest absolute Gasteiger partial charge is 0.139 e. The van der Waals surface area contributed by atoms with Gasteiger partial charge < -0.3 is 0 Å². The van der Waals surface area contributed by atoms with Crippen LogP contribution in [0.5, 0.6) is 0 Å². The van der Waals surface area contributed by atoms with Gasteiger partial charge in [-0.3, -0.25) is 4.98 Å². The monoisotopic (exact) mass is 274 g/mol. The minimum atomic E-state index is 0.440. The van der Waals surface area contributed by atoms with E-state index < -0.39 is 0 Å². The summed E-state index contributed by atoms with van der Waals surface area (Å²) in [6.07, 6.45) is 1.73. The molecule has 0 N–H and O–H groups in total. The van der Waals surface area contributed by atoms with Crippen LogP contribution in [0.4, 0.5) is 0 Å². The molecule has 1 aromatic carbocycles. The van der Waals surface area contributed by atoms with Gasteiger partial charge in [-0.15, -0.1) is 0 Å². The maximum absolute atomic E-state index is 6.17. The molecular weight excluding hydrogens is 267 g/mol. The molecule has 0 aliphatic heterocycles. The number of rotatable bonds is 1. The molecule has 4 heteroatoms. The fraction of sp³-hybridized carbons (Fsp3) is 0. The molecule has 0 aliphatic carbocycles. The second kappa shape index (κ2) is 4.56. The maximum Gasteiger partial charge on any atom is 0.139 e. The predicted octanol–water partition coefficient (Wildman–Crippen LogP) is 4.60. The number of benzene rings is 1. The molecule has 2 aromatic heterocycles. The zero-order valence-corrected chi connectivity index (χ0v) is 10.8. The molecule has 88 valence electrons. The number of halogens is 2. The van der Waals surface area contributed by atoms with Crippen LogP contribution in [-0.4, -0.2) is 9.97 Å². The normalized spacial score (nSPS) is 10.8. The molecule has 0 saturated carbocycles. The summed E-state index contributed by atoms with van der Waals surface area (Å²) in [5.74, 6) is 0. The first-order valence-corrected chi connectivity index (χ1v) is 6.17. The van der Waals surface area contributed by atoms with Gasteiger partial charge in [0.15, 0.2) is 0 Å². The second-order valence-electron chi connectivity index (χ2n) is 3.85. The van der Waals surface area contributed by atoms with E-state index in [1.807, 2.05) is 42.5 Å². The number of fused-ring (bicyclic) bond motifs is 1. The minimum Gasteiger partial charge on any atom is -0.256 e. The molecule has 2 nitrogen and oxygen atoms in total. The minimum absolute atomic E-state index is 0.440. The van der Waals surface area contributed by atoms with E-state index in [2.05, 4.69) is 9.97 Å². The van der Waals surface area contributed by atoms with Crippen molar-refractivity contribution in [2.24, 2.45) is 0 Å². The van der Waals surface area contributed by atoms with Gasteiger partial charge in [0.25, 0.3) is 0 Å². The third kappa shape index (κ3) is 1.94. The van der Waals surface area contributed by atoms with Crippen LogP contribution in [0.1, 0.15) is 0 Å². The van der Waals surface area contributed by atoms with Crippen LogP contribution < -0.4 is 0 Å². The number of hydrogen-bond donors (Lipinski definition) is 0. The van der Waals surface area contributed by atoms with Gasteiger partial charge in [0.2, 0.25) is 0 Å². The average Bonchev–Trinajstić information content (AvgIpc) is 2.39. The number of hydrogen-bond acceptors (Lipinski definition) is 2. The van der Waals surface area contributed by atoms with Crippen molar-refractivity contribution in [1.82, 2.24) is 9.97 Å². The topological polar surface area (TPSA) is 25.8 Å². The molecule has 3 aromatic rings. The van der Waals surface area contributed by atoms with Crippen molar-refractivity contribution >= 4 is 34.1 Å². The quantitative estimate of drug-likeness (QED) is 0.606. The van der Waals surface area contributed by atoms with E-state index in [4.69, 9.17) is 23.2 Å². The Morgan fingerprint density at radius 3 is 2.61 bits per heavy atom. The van der Waals surface area contributed by atoms with Gasteiger partial charge in [0, 0.05) is 22.2 Å². The number of nitrogens with zero attached hydrogens (tertiary/aromatic N) is 2. The summed E-state index contributed by atoms with van der Waals surface area (Å²) in [7, 11) is 0. The van der Waals surface area contributed by atoms with Crippen LogP contribution >= 0.6 is 23.2 Å². The van der Waals surface area contributed by atoms with E-state index in [9.17, 15) is 0 Å². The first-order valence-electron chi connectivity index (χ1n) is 5.42. The van der Waals surface area contributed by atoms with E-state index in [1.165, 1.54) is 0 Å². The second-order valence-corrected chi connectivity index (χ2v) is 4.61. The van der Waals surface area contributed by atoms with E-state index in [0.29, 0.717) is 10.2 Å². The lowest BCUT2D eigenvalue weighted by molar-refractivity contribution is 1.32. The lowest BCUT2D eigenvalue weighted by Gasteiger charge is -2.06. The first kappa shape index (κ1) is 11.5. The Morgan fingerprint density at radius 2 is 1.78 bits per heavy atom. The molecular formula is C14H8Cl2N2. The Kier molecular flexibility index (Phi) is 2.90. The van der Waals surface area contributed by atoms with Crippen LogP contribution in [0.25, 0.3) is 22.2 Å². The summed E-state index contributed by atoms with van der Waals surface area (Å²) in [5, 5.41) is 1.93. The third-order valence-electron chi connectivity index (χ3n) is 2.70. The van der Waals surface area contributed by atoms with Crippen molar-refractivity contribution in [3.05, 3.63) is 58.8 Å². The highest BCUT2D eigenvalue weighted by Crippen LogP contribution is 2.30. The molecule has 0 fully saturated rings. The maximum atomic E-state index is 6.17. The zero-order valence-electron chi connectivity index (χ0n) is 9.27. The van der Waals surface area contributed by atoms with Gasteiger partial charge in [-0.1, -0.05) is 41.4 Å². The van der Waals surface area contributed by atoms with Gasteiger partial charge in [-0.05, 0) is 24.3 Å². The SMILES string of the molecule is Clc1ccccc1-c1cc2ncccc2c(Cl)n1. The Morgan fingerprint density at radius 1 is 0.944 bits per heavy atom. The first-order chi connectivity index (χ1) is 8.75. The summed E-state index contributed by atoms with van der Waals surface area (Å²) in [4.78, 5) is 8.66. The van der Waals surface area contributed by atoms with E-state index >= 15 is 0 Å². The summed E-state index contributed by atoms with van der Waals surface area (Å²) in [5.41, 5.74) is 2.40. The molecule has 0 atom stereocenters. The number of aromatic nitrogens is 2. The van der Waals surface area contributed by atoms with Gasteiger partial charge in [0.1, 0.15) is 5.15 Å². The molecule has 3 rings (SSSR count). The van der Waals surface area contributed by atoms with E-state index in [0.717, 1.165) is 22.2 Å². The van der Waals surface area contributed by atoms with Crippen molar-refractivity contribution in [1.29, 1.82) is 0 Å². The van der Waals surface area contributed by atoms with Crippen molar-refractivity contribution < 1.29 is 0 Å². The standard InChI is InChI=1S/C14H8Cl2N2/c15-11-6-2-1-4-9(11)13-8-12-10(14(16)18-13)5-3-7-17-12/h1-8H. The highest BCUT2D eigenvalue weighted by Gasteiger charge is 2.08. The molecule has 0 radical (unpaired) electrons. The third-order valence-corrected chi connectivity index (χ3v) is 3.32. The van der Waals surface area contributed by atoms with Crippen LogP contribution in [0.3, 0.4) is 0 Å². The summed E-state index contributed by atoms with van der Waals surface area (Å²) < 4.78 is 0. The van der Waals surface area contributed by atoms with Crippen LogP contribution in [0.2, 0.25) is 10.2 Å². The average molecular weight is 275 g/mol. The fourth-order valence-corrected chi connectivity index (χ4v) is 2.33. The molecule has 0 saturated heterocycles. The van der Waals surface area contributed by atoms with Gasteiger partial charge in [-0.2, -0.15) is 0 Å². The van der Waals surface area contributed by atoms with E-state index in [-0.39, 0.29) is 0 Å². The van der Waals surface area contributed by atoms with Crippen molar-refractivity contribution in [2.75, 3.05) is 0 Å². The largest absolute Gasteiger partial charge is 0.256 e. The summed E-state index contributed by atoms with van der Waals surface area (Å²) in [6.45, 7) is 0. The van der Waals surface area contributed by atoms with E-state index in [1.54, 1.807) is 6.20 Å². The van der Waals surface area contributed by atoms with Gasteiger partial charge >= 0.3 is 0 Å². The van der Waals surface area contributed by atoms with Crippen molar-refractivity contribution in [3.8, 4) is 11.3 Å². The molecule has 0 amide bonds. The van der Waals surface area contributed by atoms with Crippen LogP contribution in [-0.2, 0) is 0 Å². The van der Waals surface area contributed by atoms with Crippen molar-refractivity contribution in [3.63, 3.8) is 0 Å². The lowest BCUT2D eigenvalue weighted by Crippen LogP contribution is -1.88. The summed E-state index contributed by atoms with van der Waals surface area (Å²) in [6, 6.07) is 13.2. The van der Waals surface area contributed by atoms with Crippen LogP contribution in [0.15, 0.2) is 48.7 Å². The Balaban J connectivity index is 2.28. The Bertz CT molecular complexity index is 726. The van der Waals surface area contributed by atoms with Gasteiger partial charge in [-0.25, -0.2) is 4.98 Å². The van der Waals surface area contributed by atoms with Gasteiger partial charge in [0.05, 0.1) is 11.2 Å². The molecule has 0 bridgehead atoms. The molecule has 2 heterocycles. The molecule has 0 aliphatic rings. The highest BCUT2D eigenvalue weighted by atomic mass is 35.5. The molecule has 0 unspecified atom stereocenters. The van der Waals surface area contributed by atoms with Crippen LogP contribution in [0, 0.1) is 0 Å². The Labute approximate surface area is 114 Å².